The Hall–Kier alpha value is -2.40. The molecule has 0 fully saturated rings. The summed E-state index contributed by atoms with van der Waals surface area (Å²) in [5.74, 6) is 0.774. The molecule has 0 aliphatic carbocycles. The highest BCUT2D eigenvalue weighted by molar-refractivity contribution is 5.50. The van der Waals surface area contributed by atoms with E-state index in [1.165, 1.54) is 0 Å². The van der Waals surface area contributed by atoms with Crippen molar-refractivity contribution in [1.29, 1.82) is 0 Å². The Bertz CT molecular complexity index is 654. The molecule has 0 bridgehead atoms. The molecule has 2 aromatic carbocycles. The van der Waals surface area contributed by atoms with Crippen LogP contribution in [0, 0.1) is 10.1 Å². The summed E-state index contributed by atoms with van der Waals surface area (Å²) in [6.45, 7) is 3.82. The molecule has 1 unspecified atom stereocenters. The van der Waals surface area contributed by atoms with Gasteiger partial charge in [-0.2, -0.15) is 0 Å². The van der Waals surface area contributed by atoms with E-state index in [0.717, 1.165) is 17.5 Å². The van der Waals surface area contributed by atoms with Gasteiger partial charge in [-0.15, -0.1) is 0 Å². The first-order chi connectivity index (χ1) is 10.0. The smallest absolute Gasteiger partial charge is 0.311 e. The van der Waals surface area contributed by atoms with Crippen LogP contribution in [0.25, 0.3) is 0 Å². The average Bonchev–Trinajstić information content (AvgIpc) is 2.47. The lowest BCUT2D eigenvalue weighted by Crippen LogP contribution is -2.04. The van der Waals surface area contributed by atoms with E-state index in [1.807, 2.05) is 32.0 Å². The lowest BCUT2D eigenvalue weighted by molar-refractivity contribution is -0.385. The van der Waals surface area contributed by atoms with Crippen molar-refractivity contribution < 1.29 is 9.66 Å². The normalized spacial score (nSPS) is 12.0. The molecule has 5 heteroatoms. The molecule has 21 heavy (non-hydrogen) atoms. The van der Waals surface area contributed by atoms with Gasteiger partial charge in [0.1, 0.15) is 5.75 Å². The lowest BCUT2D eigenvalue weighted by Gasteiger charge is -2.10. The second-order valence-corrected chi connectivity index (χ2v) is 4.88. The molecule has 0 spiro atoms. The fourth-order valence-corrected chi connectivity index (χ4v) is 2.00. The molecule has 110 valence electrons. The maximum Gasteiger partial charge on any atom is 0.311 e. The number of nitro benzene ring substituents is 1. The summed E-state index contributed by atoms with van der Waals surface area (Å²) in [5, 5.41) is 11.2. The SMILES string of the molecule is CCc1ccc(Oc2cccc(C(C)N)c2)c([N+](=O)[O-])c1. The van der Waals surface area contributed by atoms with Crippen LogP contribution in [0.1, 0.15) is 31.0 Å². The van der Waals surface area contributed by atoms with E-state index in [9.17, 15) is 10.1 Å². The first kappa shape index (κ1) is 15.0. The molecule has 0 aliphatic heterocycles. The highest BCUT2D eigenvalue weighted by Gasteiger charge is 2.16. The van der Waals surface area contributed by atoms with Gasteiger partial charge in [-0.25, -0.2) is 0 Å². The van der Waals surface area contributed by atoms with Crippen LogP contribution in [0.2, 0.25) is 0 Å². The van der Waals surface area contributed by atoms with E-state index in [-0.39, 0.29) is 17.5 Å². The Kier molecular flexibility index (Phi) is 4.55. The zero-order valence-electron chi connectivity index (χ0n) is 12.1. The molecule has 1 atom stereocenters. The maximum absolute atomic E-state index is 11.2. The van der Waals surface area contributed by atoms with Crippen LogP contribution in [0.3, 0.4) is 0 Å². The van der Waals surface area contributed by atoms with Gasteiger partial charge in [0.2, 0.25) is 5.75 Å². The highest BCUT2D eigenvalue weighted by Crippen LogP contribution is 2.33. The second-order valence-electron chi connectivity index (χ2n) is 4.88. The van der Waals surface area contributed by atoms with Crippen LogP contribution in [0.4, 0.5) is 5.69 Å². The van der Waals surface area contributed by atoms with E-state index in [0.29, 0.717) is 5.75 Å². The van der Waals surface area contributed by atoms with Gasteiger partial charge in [-0.3, -0.25) is 10.1 Å². The van der Waals surface area contributed by atoms with Crippen molar-refractivity contribution in [3.05, 3.63) is 63.7 Å². The molecule has 2 aromatic rings. The predicted octanol–water partition coefficient (Wildman–Crippen LogP) is 3.97. The fourth-order valence-electron chi connectivity index (χ4n) is 2.00. The van der Waals surface area contributed by atoms with Gasteiger partial charge in [0.25, 0.3) is 0 Å². The molecule has 2 rings (SSSR count). The quantitative estimate of drug-likeness (QED) is 0.666. The number of hydrogen-bond acceptors (Lipinski definition) is 4. The summed E-state index contributed by atoms with van der Waals surface area (Å²) in [5.41, 5.74) is 7.62. The molecule has 0 amide bonds. The van der Waals surface area contributed by atoms with Crippen LogP contribution < -0.4 is 10.5 Å². The molecular weight excluding hydrogens is 268 g/mol. The van der Waals surface area contributed by atoms with Gasteiger partial charge >= 0.3 is 5.69 Å². The number of rotatable bonds is 5. The van der Waals surface area contributed by atoms with E-state index in [4.69, 9.17) is 10.5 Å². The highest BCUT2D eigenvalue weighted by atomic mass is 16.6. The van der Waals surface area contributed by atoms with Gasteiger partial charge in [-0.1, -0.05) is 25.1 Å². The largest absolute Gasteiger partial charge is 0.450 e. The number of aryl methyl sites for hydroxylation is 1. The van der Waals surface area contributed by atoms with Gasteiger partial charge in [-0.05, 0) is 42.7 Å². The molecular formula is C16H18N2O3. The predicted molar refractivity (Wildman–Crippen MR) is 81.6 cm³/mol. The molecule has 0 aliphatic rings. The molecule has 0 aromatic heterocycles. The van der Waals surface area contributed by atoms with Crippen molar-refractivity contribution in [2.24, 2.45) is 5.73 Å². The van der Waals surface area contributed by atoms with Crippen LogP contribution in [-0.2, 0) is 6.42 Å². The molecule has 5 nitrogen and oxygen atoms in total. The third kappa shape index (κ3) is 3.58. The van der Waals surface area contributed by atoms with Crippen molar-refractivity contribution in [3.8, 4) is 11.5 Å². The minimum atomic E-state index is -0.427. The number of nitrogens with two attached hydrogens (primary N) is 1. The lowest BCUT2D eigenvalue weighted by atomic mass is 10.1. The molecule has 2 N–H and O–H groups in total. The van der Waals surface area contributed by atoms with Crippen molar-refractivity contribution in [2.75, 3.05) is 0 Å². The van der Waals surface area contributed by atoms with Crippen LogP contribution >= 0.6 is 0 Å². The van der Waals surface area contributed by atoms with E-state index >= 15 is 0 Å². The summed E-state index contributed by atoms with van der Waals surface area (Å²) in [7, 11) is 0. The number of nitro groups is 1. The summed E-state index contributed by atoms with van der Waals surface area (Å²) >= 11 is 0. The Morgan fingerprint density at radius 3 is 2.67 bits per heavy atom. The summed E-state index contributed by atoms with van der Waals surface area (Å²) < 4.78 is 5.66. The van der Waals surface area contributed by atoms with Gasteiger partial charge in [0.05, 0.1) is 4.92 Å². The minimum Gasteiger partial charge on any atom is -0.450 e. The summed E-state index contributed by atoms with van der Waals surface area (Å²) in [4.78, 5) is 10.7. The number of ether oxygens (including phenoxy) is 1. The van der Waals surface area contributed by atoms with Crippen molar-refractivity contribution in [1.82, 2.24) is 0 Å². The topological polar surface area (TPSA) is 78.4 Å². The Morgan fingerprint density at radius 1 is 1.29 bits per heavy atom. The summed E-state index contributed by atoms with van der Waals surface area (Å²) in [6, 6.07) is 12.2. The Balaban J connectivity index is 2.35. The van der Waals surface area contributed by atoms with Crippen LogP contribution in [0.5, 0.6) is 11.5 Å². The zero-order chi connectivity index (χ0) is 15.4. The Labute approximate surface area is 123 Å². The van der Waals surface area contributed by atoms with E-state index in [1.54, 1.807) is 24.3 Å². The monoisotopic (exact) mass is 286 g/mol. The second kappa shape index (κ2) is 6.37. The fraction of sp³-hybridized carbons (Fsp3) is 0.250. The van der Waals surface area contributed by atoms with Crippen molar-refractivity contribution in [3.63, 3.8) is 0 Å². The van der Waals surface area contributed by atoms with Crippen LogP contribution in [-0.4, -0.2) is 4.92 Å². The zero-order valence-corrected chi connectivity index (χ0v) is 12.1. The third-order valence-corrected chi connectivity index (χ3v) is 3.24. The molecule has 0 saturated carbocycles. The third-order valence-electron chi connectivity index (χ3n) is 3.24. The summed E-state index contributed by atoms with van der Waals surface area (Å²) in [6.07, 6.45) is 0.737. The first-order valence-electron chi connectivity index (χ1n) is 6.82. The molecule has 0 saturated heterocycles. The number of hydrogen-bond donors (Lipinski definition) is 1. The average molecular weight is 286 g/mol. The van der Waals surface area contributed by atoms with E-state index in [2.05, 4.69) is 0 Å². The molecule has 0 heterocycles. The molecule has 0 radical (unpaired) electrons. The van der Waals surface area contributed by atoms with Gasteiger partial charge < -0.3 is 10.5 Å². The number of nitrogens with zero attached hydrogens (tertiary/aromatic N) is 1. The van der Waals surface area contributed by atoms with Crippen molar-refractivity contribution >= 4 is 5.69 Å². The maximum atomic E-state index is 11.2. The van der Waals surface area contributed by atoms with Gasteiger partial charge in [0, 0.05) is 12.1 Å². The first-order valence-corrected chi connectivity index (χ1v) is 6.82. The standard InChI is InChI=1S/C16H18N2O3/c1-3-12-7-8-16(15(9-12)18(19)20)21-14-6-4-5-13(10-14)11(2)17/h4-11H,3,17H2,1-2H3. The number of benzene rings is 2. The van der Waals surface area contributed by atoms with Crippen LogP contribution in [0.15, 0.2) is 42.5 Å². The van der Waals surface area contributed by atoms with Gasteiger partial charge in [0.15, 0.2) is 0 Å². The van der Waals surface area contributed by atoms with Crippen molar-refractivity contribution in [2.45, 2.75) is 26.3 Å². The Morgan fingerprint density at radius 2 is 2.05 bits per heavy atom. The minimum absolute atomic E-state index is 0.0273. The van der Waals surface area contributed by atoms with E-state index < -0.39 is 4.92 Å².